The van der Waals surface area contributed by atoms with E-state index < -0.39 is 0 Å². The van der Waals surface area contributed by atoms with Crippen LogP contribution in [-0.2, 0) is 4.74 Å². The van der Waals surface area contributed by atoms with E-state index in [1.165, 1.54) is 6.42 Å². The third kappa shape index (κ3) is 3.63. The Morgan fingerprint density at radius 2 is 2.31 bits per heavy atom. The normalized spacial score (nSPS) is 28.4. The summed E-state index contributed by atoms with van der Waals surface area (Å²) in [7, 11) is 1.78. The topological polar surface area (TPSA) is 24.5 Å². The fourth-order valence-corrected chi connectivity index (χ4v) is 1.74. The van der Waals surface area contributed by atoms with Gasteiger partial charge in [0.2, 0.25) is 0 Å². The van der Waals surface area contributed by atoms with Crippen molar-refractivity contribution in [1.82, 2.24) is 10.2 Å². The van der Waals surface area contributed by atoms with Gasteiger partial charge in [0.1, 0.15) is 0 Å². The maximum Gasteiger partial charge on any atom is 0.0670 e. The molecular weight excluding hydrogens is 164 g/mol. The van der Waals surface area contributed by atoms with Gasteiger partial charge >= 0.3 is 0 Å². The summed E-state index contributed by atoms with van der Waals surface area (Å²) in [5.74, 6) is 0. The lowest BCUT2D eigenvalue weighted by Gasteiger charge is -2.28. The maximum atomic E-state index is 5.28. The molecule has 1 heterocycles. The van der Waals surface area contributed by atoms with Crippen LogP contribution in [0.25, 0.3) is 0 Å². The van der Waals surface area contributed by atoms with Crippen LogP contribution < -0.4 is 5.32 Å². The summed E-state index contributed by atoms with van der Waals surface area (Å²) in [4.78, 5) is 2.51. The monoisotopic (exact) mass is 186 g/mol. The molecule has 1 fully saturated rings. The van der Waals surface area contributed by atoms with Crippen molar-refractivity contribution in [2.45, 2.75) is 32.4 Å². The number of hydrogen-bond donors (Lipinski definition) is 1. The predicted molar refractivity (Wildman–Crippen MR) is 55.0 cm³/mol. The second-order valence-corrected chi connectivity index (χ2v) is 3.93. The smallest absolute Gasteiger partial charge is 0.0670 e. The van der Waals surface area contributed by atoms with Crippen LogP contribution in [0.4, 0.5) is 0 Å². The quantitative estimate of drug-likeness (QED) is 0.702. The minimum absolute atomic E-state index is 0.348. The Hall–Kier alpha value is -0.120. The molecule has 78 valence electrons. The van der Waals surface area contributed by atoms with Gasteiger partial charge in [-0.25, -0.2) is 0 Å². The predicted octanol–water partition coefficient (Wildman–Crippen LogP) is 0.705. The summed E-state index contributed by atoms with van der Waals surface area (Å²) in [5, 5.41) is 3.42. The van der Waals surface area contributed by atoms with Gasteiger partial charge in [0.15, 0.2) is 0 Å². The van der Waals surface area contributed by atoms with E-state index in [1.807, 2.05) is 0 Å². The second-order valence-electron chi connectivity index (χ2n) is 3.93. The van der Waals surface area contributed by atoms with Crippen LogP contribution in [-0.4, -0.2) is 50.3 Å². The van der Waals surface area contributed by atoms with Crippen LogP contribution in [0.1, 0.15) is 20.3 Å². The molecule has 0 aromatic rings. The van der Waals surface area contributed by atoms with E-state index in [0.717, 1.165) is 26.2 Å². The number of hydrogen-bond acceptors (Lipinski definition) is 3. The third-order valence-electron chi connectivity index (χ3n) is 2.83. The van der Waals surface area contributed by atoms with E-state index in [9.17, 15) is 0 Å². The highest BCUT2D eigenvalue weighted by atomic mass is 16.5. The standard InChI is InChI=1S/C10H22N2O/c1-9-4-5-11-6-7-12(9)8-10(2)13-3/h9-11H,4-8H2,1-3H3. The number of methoxy groups -OCH3 is 1. The summed E-state index contributed by atoms with van der Waals surface area (Å²) >= 11 is 0. The van der Waals surface area contributed by atoms with Crippen LogP contribution in [0.3, 0.4) is 0 Å². The van der Waals surface area contributed by atoms with Crippen molar-refractivity contribution in [2.75, 3.05) is 33.3 Å². The molecule has 1 aliphatic rings. The Balaban J connectivity index is 2.35. The summed E-state index contributed by atoms with van der Waals surface area (Å²) in [6.07, 6.45) is 1.59. The molecule has 1 aliphatic heterocycles. The van der Waals surface area contributed by atoms with E-state index in [-0.39, 0.29) is 0 Å². The average Bonchev–Trinajstić information content (AvgIpc) is 2.32. The van der Waals surface area contributed by atoms with E-state index in [1.54, 1.807) is 7.11 Å². The summed E-state index contributed by atoms with van der Waals surface area (Å²) in [6.45, 7) is 8.90. The Morgan fingerprint density at radius 1 is 1.54 bits per heavy atom. The van der Waals surface area contributed by atoms with Gasteiger partial charge in [0, 0.05) is 32.8 Å². The van der Waals surface area contributed by atoms with Crippen molar-refractivity contribution < 1.29 is 4.74 Å². The first-order chi connectivity index (χ1) is 6.24. The Kier molecular flexibility index (Phi) is 4.70. The van der Waals surface area contributed by atoms with Gasteiger partial charge in [-0.1, -0.05) is 0 Å². The lowest BCUT2D eigenvalue weighted by Crippen LogP contribution is -2.39. The largest absolute Gasteiger partial charge is 0.380 e. The van der Waals surface area contributed by atoms with Gasteiger partial charge in [-0.05, 0) is 26.8 Å². The van der Waals surface area contributed by atoms with Gasteiger partial charge in [0.05, 0.1) is 6.10 Å². The molecule has 2 atom stereocenters. The highest BCUT2D eigenvalue weighted by Gasteiger charge is 2.17. The van der Waals surface area contributed by atoms with Crippen LogP contribution in [0.2, 0.25) is 0 Å². The number of rotatable bonds is 3. The SMILES string of the molecule is COC(C)CN1CCNCCC1C. The molecule has 1 saturated heterocycles. The first-order valence-corrected chi connectivity index (χ1v) is 5.21. The molecule has 0 aromatic carbocycles. The molecule has 2 unspecified atom stereocenters. The minimum atomic E-state index is 0.348. The van der Waals surface area contributed by atoms with E-state index in [4.69, 9.17) is 4.74 Å². The summed E-state index contributed by atoms with van der Waals surface area (Å²) < 4.78 is 5.28. The number of nitrogens with zero attached hydrogens (tertiary/aromatic N) is 1. The molecule has 0 bridgehead atoms. The third-order valence-corrected chi connectivity index (χ3v) is 2.83. The molecule has 0 amide bonds. The molecule has 0 aromatic heterocycles. The Morgan fingerprint density at radius 3 is 3.00 bits per heavy atom. The van der Waals surface area contributed by atoms with Crippen LogP contribution in [0.5, 0.6) is 0 Å². The lowest BCUT2D eigenvalue weighted by molar-refractivity contribution is 0.0654. The van der Waals surface area contributed by atoms with Gasteiger partial charge in [-0.3, -0.25) is 4.90 Å². The van der Waals surface area contributed by atoms with E-state index in [0.29, 0.717) is 12.1 Å². The van der Waals surface area contributed by atoms with Gasteiger partial charge in [-0.15, -0.1) is 0 Å². The molecular formula is C10H22N2O. The number of ether oxygens (including phenoxy) is 1. The zero-order chi connectivity index (χ0) is 9.68. The highest BCUT2D eigenvalue weighted by Crippen LogP contribution is 2.07. The Bertz CT molecular complexity index is 141. The van der Waals surface area contributed by atoms with Crippen molar-refractivity contribution in [3.63, 3.8) is 0 Å². The molecule has 3 nitrogen and oxygen atoms in total. The molecule has 0 aliphatic carbocycles. The van der Waals surface area contributed by atoms with Crippen molar-refractivity contribution >= 4 is 0 Å². The van der Waals surface area contributed by atoms with Gasteiger partial charge < -0.3 is 10.1 Å². The summed E-state index contributed by atoms with van der Waals surface area (Å²) in [5.41, 5.74) is 0. The van der Waals surface area contributed by atoms with Crippen molar-refractivity contribution in [2.24, 2.45) is 0 Å². The number of nitrogens with one attached hydrogen (secondary N) is 1. The molecule has 0 spiro atoms. The Labute approximate surface area is 81.4 Å². The van der Waals surface area contributed by atoms with Gasteiger partial charge in [0.25, 0.3) is 0 Å². The summed E-state index contributed by atoms with van der Waals surface area (Å²) in [6, 6.07) is 0.688. The zero-order valence-corrected chi connectivity index (χ0v) is 9.05. The molecule has 0 saturated carbocycles. The van der Waals surface area contributed by atoms with Crippen molar-refractivity contribution in [3.8, 4) is 0 Å². The average molecular weight is 186 g/mol. The molecule has 1 rings (SSSR count). The molecule has 0 radical (unpaired) electrons. The van der Waals surface area contributed by atoms with Crippen LogP contribution in [0, 0.1) is 0 Å². The fourth-order valence-electron chi connectivity index (χ4n) is 1.74. The van der Waals surface area contributed by atoms with E-state index >= 15 is 0 Å². The first kappa shape index (κ1) is 11.0. The van der Waals surface area contributed by atoms with E-state index in [2.05, 4.69) is 24.1 Å². The second kappa shape index (κ2) is 5.58. The first-order valence-electron chi connectivity index (χ1n) is 5.21. The van der Waals surface area contributed by atoms with Crippen LogP contribution >= 0.6 is 0 Å². The van der Waals surface area contributed by atoms with Crippen molar-refractivity contribution in [3.05, 3.63) is 0 Å². The highest BCUT2D eigenvalue weighted by molar-refractivity contribution is 4.74. The molecule has 1 N–H and O–H groups in total. The van der Waals surface area contributed by atoms with Gasteiger partial charge in [-0.2, -0.15) is 0 Å². The zero-order valence-electron chi connectivity index (χ0n) is 9.05. The molecule has 13 heavy (non-hydrogen) atoms. The fraction of sp³-hybridized carbons (Fsp3) is 1.00. The maximum absolute atomic E-state index is 5.28. The minimum Gasteiger partial charge on any atom is -0.380 e. The van der Waals surface area contributed by atoms with Crippen LogP contribution in [0.15, 0.2) is 0 Å². The van der Waals surface area contributed by atoms with Crippen molar-refractivity contribution in [1.29, 1.82) is 0 Å². The lowest BCUT2D eigenvalue weighted by atomic mass is 10.2. The molecule has 3 heteroatoms.